The largest absolute Gasteiger partial charge is 0.481 e. The van der Waals surface area contributed by atoms with Gasteiger partial charge in [-0.3, -0.25) is 9.59 Å². The molecule has 78 valence electrons. The van der Waals surface area contributed by atoms with Gasteiger partial charge in [0.05, 0.1) is 0 Å². The molecule has 0 bridgehead atoms. The summed E-state index contributed by atoms with van der Waals surface area (Å²) in [6.45, 7) is 5.42. The Morgan fingerprint density at radius 1 is 1.64 bits per heavy atom. The van der Waals surface area contributed by atoms with Crippen molar-refractivity contribution in [3.05, 3.63) is 12.7 Å². The van der Waals surface area contributed by atoms with Gasteiger partial charge in [0.15, 0.2) is 0 Å². The van der Waals surface area contributed by atoms with E-state index in [1.807, 2.05) is 0 Å². The summed E-state index contributed by atoms with van der Waals surface area (Å²) in [4.78, 5) is 23.9. The number of aliphatic carboxylic acids is 1. The van der Waals surface area contributed by atoms with Gasteiger partial charge in [-0.25, -0.2) is 0 Å². The molecule has 1 unspecified atom stereocenters. The molecule has 1 saturated carbocycles. The van der Waals surface area contributed by atoms with Gasteiger partial charge in [-0.2, -0.15) is 0 Å². The zero-order valence-electron chi connectivity index (χ0n) is 8.27. The first-order valence-corrected chi connectivity index (χ1v) is 4.72. The fraction of sp³-hybridized carbons (Fsp3) is 0.600. The average molecular weight is 197 g/mol. The van der Waals surface area contributed by atoms with Crippen LogP contribution in [0.25, 0.3) is 0 Å². The third-order valence-electron chi connectivity index (χ3n) is 2.34. The molecule has 0 aromatic rings. The summed E-state index contributed by atoms with van der Waals surface area (Å²) in [6.07, 6.45) is 3.59. The van der Waals surface area contributed by atoms with Crippen LogP contribution < -0.4 is 0 Å². The van der Waals surface area contributed by atoms with Crippen molar-refractivity contribution in [3.8, 4) is 0 Å². The summed E-state index contributed by atoms with van der Waals surface area (Å²) in [7, 11) is 0. The fourth-order valence-electron chi connectivity index (χ4n) is 1.30. The summed E-state index contributed by atoms with van der Waals surface area (Å²) in [5.74, 6) is -2.32. The first-order valence-electron chi connectivity index (χ1n) is 4.72. The van der Waals surface area contributed by atoms with Gasteiger partial charge in [-0.05, 0) is 19.8 Å². The van der Waals surface area contributed by atoms with Gasteiger partial charge in [0.1, 0.15) is 5.92 Å². The Hall–Kier alpha value is -1.32. The van der Waals surface area contributed by atoms with Crippen molar-refractivity contribution in [2.45, 2.75) is 25.8 Å². The van der Waals surface area contributed by atoms with E-state index < -0.39 is 11.9 Å². The number of carboxylic acid groups (broad SMARTS) is 1. The lowest BCUT2D eigenvalue weighted by molar-refractivity contribution is -0.150. The maximum Gasteiger partial charge on any atom is 0.315 e. The molecule has 1 aliphatic rings. The third kappa shape index (κ3) is 2.34. The van der Waals surface area contributed by atoms with Crippen molar-refractivity contribution in [1.29, 1.82) is 0 Å². The van der Waals surface area contributed by atoms with Crippen molar-refractivity contribution in [3.63, 3.8) is 0 Å². The highest BCUT2D eigenvalue weighted by atomic mass is 16.4. The lowest BCUT2D eigenvalue weighted by Crippen LogP contribution is -2.39. The molecule has 0 radical (unpaired) electrons. The highest BCUT2D eigenvalue weighted by molar-refractivity contribution is 5.96. The van der Waals surface area contributed by atoms with Crippen LogP contribution in [0, 0.1) is 5.92 Å². The van der Waals surface area contributed by atoms with Gasteiger partial charge in [-0.1, -0.05) is 6.08 Å². The SMILES string of the molecule is C=CCN(C(=O)C(C)C(=O)O)C1CC1. The predicted octanol–water partition coefficient (Wildman–Crippen LogP) is 0.884. The van der Waals surface area contributed by atoms with Gasteiger partial charge < -0.3 is 10.0 Å². The van der Waals surface area contributed by atoms with Crippen LogP contribution in [0.4, 0.5) is 0 Å². The van der Waals surface area contributed by atoms with Crippen molar-refractivity contribution in [2.24, 2.45) is 5.92 Å². The number of carbonyl (C=O) groups excluding carboxylic acids is 1. The number of amides is 1. The average Bonchev–Trinajstić information content (AvgIpc) is 2.95. The normalized spacial score (nSPS) is 17.2. The molecule has 4 heteroatoms. The van der Waals surface area contributed by atoms with Crippen LogP contribution >= 0.6 is 0 Å². The summed E-state index contributed by atoms with van der Waals surface area (Å²) in [5.41, 5.74) is 0. The van der Waals surface area contributed by atoms with Crippen molar-refractivity contribution >= 4 is 11.9 Å². The van der Waals surface area contributed by atoms with E-state index in [1.54, 1.807) is 11.0 Å². The summed E-state index contributed by atoms with van der Waals surface area (Å²) >= 11 is 0. The minimum Gasteiger partial charge on any atom is -0.481 e. The minimum atomic E-state index is -1.07. The zero-order chi connectivity index (χ0) is 10.7. The molecular formula is C10H15NO3. The van der Waals surface area contributed by atoms with Crippen LogP contribution in [0.15, 0.2) is 12.7 Å². The van der Waals surface area contributed by atoms with E-state index >= 15 is 0 Å². The molecule has 0 saturated heterocycles. The second kappa shape index (κ2) is 4.26. The molecule has 0 aliphatic heterocycles. The van der Waals surface area contributed by atoms with Gasteiger partial charge in [0, 0.05) is 12.6 Å². The van der Waals surface area contributed by atoms with E-state index in [0.717, 1.165) is 12.8 Å². The van der Waals surface area contributed by atoms with Crippen molar-refractivity contribution in [2.75, 3.05) is 6.54 Å². The Balaban J connectivity index is 2.62. The number of rotatable bonds is 5. The first-order chi connectivity index (χ1) is 6.57. The monoisotopic (exact) mass is 197 g/mol. The van der Waals surface area contributed by atoms with Gasteiger partial charge in [0.2, 0.25) is 5.91 Å². The fourth-order valence-corrected chi connectivity index (χ4v) is 1.30. The van der Waals surface area contributed by atoms with Gasteiger partial charge >= 0.3 is 5.97 Å². The molecule has 1 N–H and O–H groups in total. The minimum absolute atomic E-state index is 0.238. The summed E-state index contributed by atoms with van der Waals surface area (Å²) in [5, 5.41) is 8.70. The van der Waals surface area contributed by atoms with Crippen LogP contribution in [-0.2, 0) is 9.59 Å². The molecule has 14 heavy (non-hydrogen) atoms. The molecule has 4 nitrogen and oxygen atoms in total. The smallest absolute Gasteiger partial charge is 0.315 e. The number of carbonyl (C=O) groups is 2. The lowest BCUT2D eigenvalue weighted by Gasteiger charge is -2.22. The quantitative estimate of drug-likeness (QED) is 0.526. The number of carboxylic acids is 1. The van der Waals surface area contributed by atoms with E-state index in [9.17, 15) is 9.59 Å². The number of hydrogen-bond donors (Lipinski definition) is 1. The Labute approximate surface area is 83.2 Å². The highest BCUT2D eigenvalue weighted by Gasteiger charge is 2.35. The van der Waals surface area contributed by atoms with Crippen LogP contribution in [0.2, 0.25) is 0 Å². The van der Waals surface area contributed by atoms with Crippen LogP contribution in [0.1, 0.15) is 19.8 Å². The maximum atomic E-state index is 11.7. The molecule has 0 aromatic heterocycles. The molecule has 0 heterocycles. The molecule has 1 fully saturated rings. The molecule has 1 amide bonds. The first kappa shape index (κ1) is 10.8. The van der Waals surface area contributed by atoms with E-state index in [-0.39, 0.29) is 11.9 Å². The summed E-state index contributed by atoms with van der Waals surface area (Å²) in [6, 6.07) is 0.238. The second-order valence-corrected chi connectivity index (χ2v) is 3.57. The van der Waals surface area contributed by atoms with Crippen LogP contribution in [0.5, 0.6) is 0 Å². The summed E-state index contributed by atoms with van der Waals surface area (Å²) < 4.78 is 0. The van der Waals surface area contributed by atoms with Gasteiger partial charge in [-0.15, -0.1) is 6.58 Å². The Morgan fingerprint density at radius 3 is 2.57 bits per heavy atom. The highest BCUT2D eigenvalue weighted by Crippen LogP contribution is 2.27. The van der Waals surface area contributed by atoms with E-state index in [2.05, 4.69) is 6.58 Å². The Kier molecular flexibility index (Phi) is 3.28. The third-order valence-corrected chi connectivity index (χ3v) is 2.34. The maximum absolute atomic E-state index is 11.7. The topological polar surface area (TPSA) is 57.6 Å². The van der Waals surface area contributed by atoms with Crippen molar-refractivity contribution in [1.82, 2.24) is 4.90 Å². The van der Waals surface area contributed by atoms with E-state index in [1.165, 1.54) is 6.92 Å². The standard InChI is InChI=1S/C10H15NO3/c1-3-6-11(8-4-5-8)9(12)7(2)10(13)14/h3,7-8H,1,4-6H2,2H3,(H,13,14). The molecular weight excluding hydrogens is 182 g/mol. The van der Waals surface area contributed by atoms with Crippen molar-refractivity contribution < 1.29 is 14.7 Å². The van der Waals surface area contributed by atoms with Gasteiger partial charge in [0.25, 0.3) is 0 Å². The van der Waals surface area contributed by atoms with E-state index in [0.29, 0.717) is 6.54 Å². The zero-order valence-corrected chi connectivity index (χ0v) is 8.27. The second-order valence-electron chi connectivity index (χ2n) is 3.57. The molecule has 1 atom stereocenters. The predicted molar refractivity (Wildman–Crippen MR) is 51.7 cm³/mol. The lowest BCUT2D eigenvalue weighted by atomic mass is 10.1. The molecule has 1 rings (SSSR count). The van der Waals surface area contributed by atoms with Crippen LogP contribution in [-0.4, -0.2) is 34.5 Å². The Bertz CT molecular complexity index is 258. The number of nitrogens with zero attached hydrogens (tertiary/aromatic N) is 1. The van der Waals surface area contributed by atoms with Crippen LogP contribution in [0.3, 0.4) is 0 Å². The molecule has 0 spiro atoms. The molecule has 0 aromatic carbocycles. The number of hydrogen-bond acceptors (Lipinski definition) is 2. The van der Waals surface area contributed by atoms with E-state index in [4.69, 9.17) is 5.11 Å². The molecule has 1 aliphatic carbocycles. The Morgan fingerprint density at radius 2 is 2.21 bits per heavy atom.